The number of benzene rings is 1. The molecule has 1 N–H and O–H groups in total. The third kappa shape index (κ3) is 4.46. The number of piperidine rings is 1. The van der Waals surface area contributed by atoms with E-state index in [0.29, 0.717) is 17.0 Å². The van der Waals surface area contributed by atoms with Crippen molar-refractivity contribution in [2.75, 3.05) is 24.5 Å². The first-order chi connectivity index (χ1) is 12.9. The normalized spacial score (nSPS) is 15.5. The van der Waals surface area contributed by atoms with E-state index in [2.05, 4.69) is 20.7 Å². The van der Waals surface area contributed by atoms with Gasteiger partial charge in [0, 0.05) is 25.8 Å². The molecule has 1 aliphatic rings. The van der Waals surface area contributed by atoms with Crippen LogP contribution in [0.15, 0.2) is 41.4 Å². The second kappa shape index (κ2) is 8.07. The van der Waals surface area contributed by atoms with E-state index in [0.717, 1.165) is 42.9 Å². The summed E-state index contributed by atoms with van der Waals surface area (Å²) in [6.07, 6.45) is 3.41. The molecule has 0 spiro atoms. The van der Waals surface area contributed by atoms with Gasteiger partial charge >= 0.3 is 0 Å². The number of nitrogens with one attached hydrogen (secondary N) is 1. The fraction of sp³-hybridized carbons (Fsp3) is 0.400. The van der Waals surface area contributed by atoms with Crippen molar-refractivity contribution in [1.82, 2.24) is 9.71 Å². The zero-order valence-corrected chi connectivity index (χ0v) is 16.5. The van der Waals surface area contributed by atoms with Gasteiger partial charge in [0.2, 0.25) is 10.0 Å². The Morgan fingerprint density at radius 2 is 2.00 bits per heavy atom. The summed E-state index contributed by atoms with van der Waals surface area (Å²) in [6.45, 7) is 5.66. The summed E-state index contributed by atoms with van der Waals surface area (Å²) in [6, 6.07) is 11.2. The van der Waals surface area contributed by atoms with E-state index in [9.17, 15) is 13.7 Å². The quantitative estimate of drug-likeness (QED) is 0.857. The predicted molar refractivity (Wildman–Crippen MR) is 105 cm³/mol. The molecule has 0 atom stereocenters. The van der Waals surface area contributed by atoms with E-state index in [4.69, 9.17) is 0 Å². The number of nitriles is 1. The van der Waals surface area contributed by atoms with Crippen LogP contribution in [-0.4, -0.2) is 33.0 Å². The standard InChI is InChI=1S/C20H24N4O2S/c1-15-5-6-16(2)19(12-15)27(25,26)23-14-17-7-10-24(11-8-17)20-18(13-21)4-3-9-22-20/h3-6,9,12,17,23H,7-8,10-11,14H2,1-2H3. The minimum absolute atomic E-state index is 0.274. The van der Waals surface area contributed by atoms with E-state index in [-0.39, 0.29) is 5.92 Å². The lowest BCUT2D eigenvalue weighted by atomic mass is 9.97. The molecule has 0 bridgehead atoms. The van der Waals surface area contributed by atoms with Gasteiger partial charge in [0.25, 0.3) is 0 Å². The molecule has 2 aromatic rings. The van der Waals surface area contributed by atoms with Crippen molar-refractivity contribution in [2.24, 2.45) is 5.92 Å². The first-order valence-electron chi connectivity index (χ1n) is 9.07. The molecule has 1 saturated heterocycles. The third-order valence-corrected chi connectivity index (χ3v) is 6.58. The molecular weight excluding hydrogens is 360 g/mol. The zero-order chi connectivity index (χ0) is 19.4. The first-order valence-corrected chi connectivity index (χ1v) is 10.6. The summed E-state index contributed by atoms with van der Waals surface area (Å²) in [4.78, 5) is 6.79. The van der Waals surface area contributed by atoms with Crippen molar-refractivity contribution < 1.29 is 8.42 Å². The predicted octanol–water partition coefficient (Wildman–Crippen LogP) is 2.77. The highest BCUT2D eigenvalue weighted by Crippen LogP contribution is 2.24. The average molecular weight is 385 g/mol. The monoisotopic (exact) mass is 384 g/mol. The summed E-state index contributed by atoms with van der Waals surface area (Å²) in [5, 5.41) is 9.23. The van der Waals surface area contributed by atoms with Crippen LogP contribution in [0.2, 0.25) is 0 Å². The number of rotatable bonds is 5. The summed E-state index contributed by atoms with van der Waals surface area (Å²) in [5.74, 6) is 0.991. The summed E-state index contributed by atoms with van der Waals surface area (Å²) in [7, 11) is -3.51. The molecule has 27 heavy (non-hydrogen) atoms. The number of nitrogens with zero attached hydrogens (tertiary/aromatic N) is 3. The third-order valence-electron chi connectivity index (χ3n) is 5.02. The minimum atomic E-state index is -3.51. The van der Waals surface area contributed by atoms with Crippen LogP contribution in [0.3, 0.4) is 0 Å². The molecule has 1 aromatic carbocycles. The number of hydrogen-bond donors (Lipinski definition) is 1. The zero-order valence-electron chi connectivity index (χ0n) is 15.6. The number of aryl methyl sites for hydroxylation is 2. The lowest BCUT2D eigenvalue weighted by Crippen LogP contribution is -2.39. The molecule has 6 nitrogen and oxygen atoms in total. The Hall–Kier alpha value is -2.43. The molecule has 1 aromatic heterocycles. The van der Waals surface area contributed by atoms with Crippen molar-refractivity contribution in [3.63, 3.8) is 0 Å². The van der Waals surface area contributed by atoms with Gasteiger partial charge in [-0.1, -0.05) is 12.1 Å². The number of aromatic nitrogens is 1. The highest BCUT2D eigenvalue weighted by Gasteiger charge is 2.24. The molecule has 0 saturated carbocycles. The molecular formula is C20H24N4O2S. The van der Waals surface area contributed by atoms with Gasteiger partial charge in [-0.3, -0.25) is 0 Å². The van der Waals surface area contributed by atoms with E-state index in [1.807, 2.05) is 26.0 Å². The Kier molecular flexibility index (Phi) is 5.78. The van der Waals surface area contributed by atoms with Gasteiger partial charge < -0.3 is 4.90 Å². The van der Waals surface area contributed by atoms with Crippen LogP contribution in [0.1, 0.15) is 29.5 Å². The lowest BCUT2D eigenvalue weighted by molar-refractivity contribution is 0.400. The summed E-state index contributed by atoms with van der Waals surface area (Å²) in [5.41, 5.74) is 2.26. The van der Waals surface area contributed by atoms with Crippen LogP contribution in [0.25, 0.3) is 0 Å². The van der Waals surface area contributed by atoms with Gasteiger partial charge in [-0.25, -0.2) is 18.1 Å². The highest BCUT2D eigenvalue weighted by molar-refractivity contribution is 7.89. The van der Waals surface area contributed by atoms with Gasteiger partial charge in [-0.2, -0.15) is 5.26 Å². The highest BCUT2D eigenvalue weighted by atomic mass is 32.2. The average Bonchev–Trinajstić information content (AvgIpc) is 2.68. The van der Waals surface area contributed by atoms with Crippen LogP contribution >= 0.6 is 0 Å². The Balaban J connectivity index is 1.60. The maximum Gasteiger partial charge on any atom is 0.240 e. The van der Waals surface area contributed by atoms with Crippen molar-refractivity contribution in [3.8, 4) is 6.07 Å². The van der Waals surface area contributed by atoms with Gasteiger partial charge in [0.05, 0.1) is 10.5 Å². The fourth-order valence-corrected chi connectivity index (χ4v) is 4.83. The molecule has 0 aliphatic carbocycles. The van der Waals surface area contributed by atoms with E-state index in [1.54, 1.807) is 24.4 Å². The maximum absolute atomic E-state index is 12.6. The van der Waals surface area contributed by atoms with Crippen LogP contribution in [-0.2, 0) is 10.0 Å². The Morgan fingerprint density at radius 1 is 1.26 bits per heavy atom. The number of anilines is 1. The Labute approximate surface area is 160 Å². The Bertz CT molecular complexity index is 958. The van der Waals surface area contributed by atoms with Gasteiger partial charge in [-0.15, -0.1) is 0 Å². The van der Waals surface area contributed by atoms with Gasteiger partial charge in [0.15, 0.2) is 0 Å². The van der Waals surface area contributed by atoms with Crippen molar-refractivity contribution in [2.45, 2.75) is 31.6 Å². The molecule has 0 radical (unpaired) electrons. The van der Waals surface area contributed by atoms with Crippen LogP contribution in [0.4, 0.5) is 5.82 Å². The molecule has 1 fully saturated rings. The number of sulfonamides is 1. The van der Waals surface area contributed by atoms with Crippen molar-refractivity contribution >= 4 is 15.8 Å². The van der Waals surface area contributed by atoms with Gasteiger partial charge in [0.1, 0.15) is 11.9 Å². The van der Waals surface area contributed by atoms with Crippen LogP contribution < -0.4 is 9.62 Å². The SMILES string of the molecule is Cc1ccc(C)c(S(=O)(=O)NCC2CCN(c3ncccc3C#N)CC2)c1. The maximum atomic E-state index is 12.6. The number of hydrogen-bond acceptors (Lipinski definition) is 5. The largest absolute Gasteiger partial charge is 0.356 e. The molecule has 0 unspecified atom stereocenters. The molecule has 7 heteroatoms. The van der Waals surface area contributed by atoms with Crippen molar-refractivity contribution in [1.29, 1.82) is 5.26 Å². The minimum Gasteiger partial charge on any atom is -0.356 e. The van der Waals surface area contributed by atoms with Gasteiger partial charge in [-0.05, 0) is 61.9 Å². The number of pyridine rings is 1. The van der Waals surface area contributed by atoms with Crippen LogP contribution in [0, 0.1) is 31.1 Å². The molecule has 2 heterocycles. The first kappa shape index (κ1) is 19.3. The summed E-state index contributed by atoms with van der Waals surface area (Å²) < 4.78 is 28.1. The van der Waals surface area contributed by atoms with E-state index < -0.39 is 10.0 Å². The fourth-order valence-electron chi connectivity index (χ4n) is 3.39. The summed E-state index contributed by atoms with van der Waals surface area (Å²) >= 11 is 0. The second-order valence-corrected chi connectivity index (χ2v) is 8.77. The molecule has 0 amide bonds. The Morgan fingerprint density at radius 3 is 2.70 bits per heavy atom. The van der Waals surface area contributed by atoms with E-state index in [1.165, 1.54) is 0 Å². The second-order valence-electron chi connectivity index (χ2n) is 7.04. The molecule has 3 rings (SSSR count). The van der Waals surface area contributed by atoms with Crippen LogP contribution in [0.5, 0.6) is 0 Å². The van der Waals surface area contributed by atoms with E-state index >= 15 is 0 Å². The smallest absolute Gasteiger partial charge is 0.240 e. The topological polar surface area (TPSA) is 86.1 Å². The molecule has 1 aliphatic heterocycles. The molecule has 142 valence electrons. The lowest BCUT2D eigenvalue weighted by Gasteiger charge is -2.33. The van der Waals surface area contributed by atoms with Crippen molar-refractivity contribution in [3.05, 3.63) is 53.2 Å².